The number of halogens is 3. The van der Waals surface area contributed by atoms with Gasteiger partial charge in [0.1, 0.15) is 12.4 Å². The lowest BCUT2D eigenvalue weighted by Crippen LogP contribution is -2.31. The first-order chi connectivity index (χ1) is 4.84. The molecule has 0 aromatic carbocycles. The molecule has 0 rings (SSSR count). The summed E-state index contributed by atoms with van der Waals surface area (Å²) in [6.45, 7) is 0.379. The van der Waals surface area contributed by atoms with Crippen LogP contribution in [0.15, 0.2) is 0 Å². The van der Waals surface area contributed by atoms with E-state index in [1.54, 1.807) is 0 Å². The molecule has 6 heteroatoms. The van der Waals surface area contributed by atoms with Crippen LogP contribution in [-0.4, -0.2) is 24.7 Å². The largest absolute Gasteiger partial charge is 0.414 e. The molecule has 0 aliphatic rings. The Bertz CT molecular complexity index is 145. The summed E-state index contributed by atoms with van der Waals surface area (Å²) in [5.41, 5.74) is 4.77. The highest BCUT2D eigenvalue weighted by Gasteiger charge is 2.36. The molecular formula is C5H9F3N2O. The number of hydrogen-bond acceptors (Lipinski definition) is 2. The quantitative estimate of drug-likeness (QED) is 0.488. The topological polar surface area (TPSA) is 59.1 Å². The maximum Gasteiger partial charge on any atom is 0.414 e. The minimum Gasteiger partial charge on any atom is -0.386 e. The second-order valence-electron chi connectivity index (χ2n) is 2.02. The van der Waals surface area contributed by atoms with Gasteiger partial charge in [-0.3, -0.25) is 5.41 Å². The zero-order valence-electron chi connectivity index (χ0n) is 5.90. The minimum absolute atomic E-state index is 0.416. The number of rotatable bonds is 3. The monoisotopic (exact) mass is 170 g/mol. The van der Waals surface area contributed by atoms with Gasteiger partial charge in [-0.15, -0.1) is 0 Å². The van der Waals surface area contributed by atoms with E-state index in [-0.39, 0.29) is 0 Å². The highest BCUT2D eigenvalue weighted by molar-refractivity contribution is 5.78. The molecule has 0 aromatic rings. The lowest BCUT2D eigenvalue weighted by atomic mass is 10.4. The second-order valence-corrected chi connectivity index (χ2v) is 2.02. The maximum absolute atomic E-state index is 11.7. The Kier molecular flexibility index (Phi) is 3.31. The van der Waals surface area contributed by atoms with E-state index in [1.165, 1.54) is 0 Å². The molecule has 0 heterocycles. The van der Waals surface area contributed by atoms with Gasteiger partial charge in [-0.25, -0.2) is 0 Å². The predicted octanol–water partition coefficient (Wildman–Crippen LogP) is 0.890. The number of nitrogens with two attached hydrogens (primary N) is 1. The molecular weight excluding hydrogens is 161 g/mol. The molecule has 11 heavy (non-hydrogen) atoms. The van der Waals surface area contributed by atoms with Crippen molar-refractivity contribution < 1.29 is 17.9 Å². The van der Waals surface area contributed by atoms with Crippen molar-refractivity contribution in [1.82, 2.24) is 0 Å². The molecule has 3 nitrogen and oxygen atoms in total. The summed E-state index contributed by atoms with van der Waals surface area (Å²) in [6.07, 6.45) is -6.25. The third kappa shape index (κ3) is 4.60. The van der Waals surface area contributed by atoms with Crippen molar-refractivity contribution in [2.24, 2.45) is 5.73 Å². The predicted molar refractivity (Wildman–Crippen MR) is 33.4 cm³/mol. The van der Waals surface area contributed by atoms with E-state index in [9.17, 15) is 13.2 Å². The van der Waals surface area contributed by atoms with Crippen LogP contribution in [0.3, 0.4) is 0 Å². The van der Waals surface area contributed by atoms with Crippen LogP contribution in [0.2, 0.25) is 0 Å². The van der Waals surface area contributed by atoms with Crippen molar-refractivity contribution >= 4 is 5.84 Å². The Balaban J connectivity index is 3.70. The average Bonchev–Trinajstić information content (AvgIpc) is 1.80. The molecule has 66 valence electrons. The van der Waals surface area contributed by atoms with Gasteiger partial charge >= 0.3 is 6.18 Å². The molecule has 0 aliphatic heterocycles. The Morgan fingerprint density at radius 3 is 2.36 bits per heavy atom. The number of ether oxygens (including phenoxy) is 1. The zero-order chi connectivity index (χ0) is 9.07. The van der Waals surface area contributed by atoms with E-state index in [0.717, 1.165) is 6.92 Å². The normalized spacial score (nSPS) is 14.5. The van der Waals surface area contributed by atoms with Gasteiger partial charge in [-0.05, 0) is 6.92 Å². The summed E-state index contributed by atoms with van der Waals surface area (Å²) in [4.78, 5) is 0. The van der Waals surface area contributed by atoms with E-state index in [0.29, 0.717) is 0 Å². The van der Waals surface area contributed by atoms with Crippen LogP contribution in [0.4, 0.5) is 13.2 Å². The first-order valence-corrected chi connectivity index (χ1v) is 2.85. The number of nitrogens with one attached hydrogen (secondary N) is 1. The summed E-state index contributed by atoms with van der Waals surface area (Å²) in [7, 11) is 0. The van der Waals surface area contributed by atoms with Gasteiger partial charge in [-0.2, -0.15) is 13.2 Å². The molecule has 1 unspecified atom stereocenters. The maximum atomic E-state index is 11.7. The molecule has 0 bridgehead atoms. The molecule has 0 radical (unpaired) electrons. The fourth-order valence-electron chi connectivity index (χ4n) is 0.309. The first kappa shape index (κ1) is 10.2. The Hall–Kier alpha value is -0.780. The van der Waals surface area contributed by atoms with Crippen molar-refractivity contribution in [3.05, 3.63) is 0 Å². The van der Waals surface area contributed by atoms with Gasteiger partial charge in [0.05, 0.1) is 0 Å². The summed E-state index contributed by atoms with van der Waals surface area (Å²) in [6, 6.07) is 0. The Morgan fingerprint density at radius 1 is 1.64 bits per heavy atom. The van der Waals surface area contributed by atoms with Crippen LogP contribution in [-0.2, 0) is 4.74 Å². The molecule has 0 saturated carbocycles. The summed E-state index contributed by atoms with van der Waals surface area (Å²) < 4.78 is 39.2. The molecule has 0 amide bonds. The molecule has 0 saturated heterocycles. The first-order valence-electron chi connectivity index (χ1n) is 2.85. The smallest absolute Gasteiger partial charge is 0.386 e. The summed E-state index contributed by atoms with van der Waals surface area (Å²) in [5, 5.41) is 6.58. The van der Waals surface area contributed by atoms with Crippen LogP contribution in [0.5, 0.6) is 0 Å². The highest BCUT2D eigenvalue weighted by Crippen LogP contribution is 2.21. The lowest BCUT2D eigenvalue weighted by Gasteiger charge is -2.15. The third-order valence-corrected chi connectivity index (χ3v) is 0.950. The summed E-state index contributed by atoms with van der Waals surface area (Å²) in [5.74, 6) is -0.416. The van der Waals surface area contributed by atoms with Gasteiger partial charge in [0, 0.05) is 0 Å². The van der Waals surface area contributed by atoms with Crippen LogP contribution in [0.25, 0.3) is 0 Å². The molecule has 1 atom stereocenters. The van der Waals surface area contributed by atoms with Gasteiger partial charge in [0.2, 0.25) is 0 Å². The fourth-order valence-corrected chi connectivity index (χ4v) is 0.309. The van der Waals surface area contributed by atoms with Crippen LogP contribution < -0.4 is 5.73 Å². The van der Waals surface area contributed by atoms with Gasteiger partial charge in [0.25, 0.3) is 0 Å². The molecule has 0 aromatic heterocycles. The number of alkyl halides is 3. The zero-order valence-corrected chi connectivity index (χ0v) is 5.90. The van der Waals surface area contributed by atoms with Gasteiger partial charge in [0.15, 0.2) is 6.10 Å². The fraction of sp³-hybridized carbons (Fsp3) is 0.800. The average molecular weight is 170 g/mol. The Morgan fingerprint density at radius 2 is 2.09 bits per heavy atom. The van der Waals surface area contributed by atoms with Crippen molar-refractivity contribution in [1.29, 1.82) is 5.41 Å². The minimum atomic E-state index is -4.38. The van der Waals surface area contributed by atoms with Gasteiger partial charge in [-0.1, -0.05) is 0 Å². The lowest BCUT2D eigenvalue weighted by molar-refractivity contribution is -0.209. The van der Waals surface area contributed by atoms with Crippen molar-refractivity contribution in [2.75, 3.05) is 6.61 Å². The van der Waals surface area contributed by atoms with Gasteiger partial charge < -0.3 is 10.5 Å². The Labute approximate surface area is 61.8 Å². The van der Waals surface area contributed by atoms with E-state index in [2.05, 4.69) is 4.74 Å². The van der Waals surface area contributed by atoms with E-state index >= 15 is 0 Å². The standard InChI is InChI=1S/C5H9F3N2O/c1-3(5(6,7)8)11-2-4(9)10/h3H,2H2,1H3,(H3,9,10). The highest BCUT2D eigenvalue weighted by atomic mass is 19.4. The van der Waals surface area contributed by atoms with Crippen molar-refractivity contribution in [2.45, 2.75) is 19.2 Å². The number of hydrogen-bond donors (Lipinski definition) is 2. The van der Waals surface area contributed by atoms with Crippen LogP contribution >= 0.6 is 0 Å². The van der Waals surface area contributed by atoms with Crippen LogP contribution in [0, 0.1) is 5.41 Å². The van der Waals surface area contributed by atoms with E-state index in [4.69, 9.17) is 11.1 Å². The molecule has 0 aliphatic carbocycles. The number of amidine groups is 1. The molecule has 3 N–H and O–H groups in total. The molecule has 0 spiro atoms. The van der Waals surface area contributed by atoms with Crippen molar-refractivity contribution in [3.63, 3.8) is 0 Å². The van der Waals surface area contributed by atoms with E-state index < -0.39 is 24.7 Å². The SMILES string of the molecule is CC(OCC(=N)N)C(F)(F)F. The second kappa shape index (κ2) is 3.56. The summed E-state index contributed by atoms with van der Waals surface area (Å²) >= 11 is 0. The third-order valence-electron chi connectivity index (χ3n) is 0.950. The molecule has 0 fully saturated rings. The van der Waals surface area contributed by atoms with E-state index in [1.807, 2.05) is 0 Å². The van der Waals surface area contributed by atoms with Crippen LogP contribution in [0.1, 0.15) is 6.92 Å². The van der Waals surface area contributed by atoms with Crippen molar-refractivity contribution in [3.8, 4) is 0 Å².